The van der Waals surface area contributed by atoms with Crippen molar-refractivity contribution in [1.82, 2.24) is 0 Å². The highest BCUT2D eigenvalue weighted by Gasteiger charge is 2.31. The Labute approximate surface area is 109 Å². The lowest BCUT2D eigenvalue weighted by Gasteiger charge is -2.36. The molecule has 1 aliphatic carbocycles. The highest BCUT2D eigenvalue weighted by Crippen LogP contribution is 2.44. The number of ether oxygens (including phenoxy) is 2. The molecule has 0 aromatic heterocycles. The largest absolute Gasteiger partial charge is 0.490 e. The van der Waals surface area contributed by atoms with Crippen molar-refractivity contribution < 1.29 is 9.47 Å². The summed E-state index contributed by atoms with van der Waals surface area (Å²) < 4.78 is 11.2. The molecule has 0 radical (unpaired) electrons. The van der Waals surface area contributed by atoms with Crippen molar-refractivity contribution in [2.24, 2.45) is 11.7 Å². The first-order chi connectivity index (χ1) is 8.80. The summed E-state index contributed by atoms with van der Waals surface area (Å²) in [6.45, 7) is 6.08. The average molecular weight is 249 g/mol. The third-order valence-corrected chi connectivity index (χ3v) is 3.72. The molecule has 100 valence electrons. The molecule has 0 saturated heterocycles. The van der Waals surface area contributed by atoms with E-state index in [9.17, 15) is 0 Å². The van der Waals surface area contributed by atoms with Crippen molar-refractivity contribution in [3.63, 3.8) is 0 Å². The van der Waals surface area contributed by atoms with Crippen LogP contribution in [0, 0.1) is 5.92 Å². The Morgan fingerprint density at radius 1 is 1.11 bits per heavy atom. The molecule has 1 saturated carbocycles. The molecule has 1 aliphatic rings. The van der Waals surface area contributed by atoms with E-state index >= 15 is 0 Å². The summed E-state index contributed by atoms with van der Waals surface area (Å²) in [5.74, 6) is 2.94. The van der Waals surface area contributed by atoms with E-state index in [2.05, 4.69) is 12.1 Å². The monoisotopic (exact) mass is 249 g/mol. The van der Waals surface area contributed by atoms with Gasteiger partial charge in [-0.25, -0.2) is 0 Å². The number of nitrogens with two attached hydrogens (primary N) is 1. The van der Waals surface area contributed by atoms with E-state index in [1.807, 2.05) is 19.9 Å². The third-order valence-electron chi connectivity index (χ3n) is 3.72. The predicted molar refractivity (Wildman–Crippen MR) is 73.3 cm³/mol. The topological polar surface area (TPSA) is 44.5 Å². The van der Waals surface area contributed by atoms with E-state index in [1.165, 1.54) is 18.4 Å². The predicted octanol–water partition coefficient (Wildman–Crippen LogP) is 2.94. The minimum atomic E-state index is 0.602. The summed E-state index contributed by atoms with van der Waals surface area (Å²) in [4.78, 5) is 0. The van der Waals surface area contributed by atoms with Crippen molar-refractivity contribution in [3.8, 4) is 11.5 Å². The minimum absolute atomic E-state index is 0.602. The van der Waals surface area contributed by atoms with E-state index in [0.717, 1.165) is 18.0 Å². The summed E-state index contributed by atoms with van der Waals surface area (Å²) >= 11 is 0. The van der Waals surface area contributed by atoms with Crippen LogP contribution in [0.1, 0.15) is 38.2 Å². The van der Waals surface area contributed by atoms with Gasteiger partial charge in [0.15, 0.2) is 11.5 Å². The summed E-state index contributed by atoms with van der Waals surface area (Å²) in [6, 6.07) is 6.30. The van der Waals surface area contributed by atoms with Crippen LogP contribution in [0.15, 0.2) is 18.2 Å². The molecule has 0 bridgehead atoms. The molecule has 2 rings (SSSR count). The number of rotatable bonds is 6. The molecule has 2 atom stereocenters. The SMILES string of the molecule is CCOc1ccc(C2CCC2CN)cc1OCC. The molecule has 1 aromatic carbocycles. The van der Waals surface area contributed by atoms with E-state index in [-0.39, 0.29) is 0 Å². The molecule has 0 heterocycles. The first-order valence-electron chi connectivity index (χ1n) is 6.89. The second-order valence-corrected chi connectivity index (χ2v) is 4.75. The van der Waals surface area contributed by atoms with Gasteiger partial charge in [0, 0.05) is 0 Å². The van der Waals surface area contributed by atoms with Crippen molar-refractivity contribution in [2.45, 2.75) is 32.6 Å². The van der Waals surface area contributed by atoms with Crippen LogP contribution < -0.4 is 15.2 Å². The molecular weight excluding hydrogens is 226 g/mol. The quantitative estimate of drug-likeness (QED) is 0.843. The fourth-order valence-electron chi connectivity index (χ4n) is 2.59. The van der Waals surface area contributed by atoms with Gasteiger partial charge in [-0.15, -0.1) is 0 Å². The number of hydrogen-bond donors (Lipinski definition) is 1. The Morgan fingerprint density at radius 2 is 1.83 bits per heavy atom. The van der Waals surface area contributed by atoms with E-state index in [0.29, 0.717) is 25.0 Å². The molecule has 3 heteroatoms. The lowest BCUT2D eigenvalue weighted by atomic mass is 9.70. The Hall–Kier alpha value is -1.22. The van der Waals surface area contributed by atoms with E-state index in [1.54, 1.807) is 0 Å². The molecule has 1 aromatic rings. The fraction of sp³-hybridized carbons (Fsp3) is 0.600. The first-order valence-corrected chi connectivity index (χ1v) is 6.89. The van der Waals surface area contributed by atoms with Gasteiger partial charge >= 0.3 is 0 Å². The first kappa shape index (κ1) is 13.2. The molecule has 0 aliphatic heterocycles. The van der Waals surface area contributed by atoms with Gasteiger partial charge in [0.25, 0.3) is 0 Å². The second-order valence-electron chi connectivity index (χ2n) is 4.75. The van der Waals surface area contributed by atoms with Crippen LogP contribution in [0.5, 0.6) is 11.5 Å². The van der Waals surface area contributed by atoms with Gasteiger partial charge in [-0.2, -0.15) is 0 Å². The standard InChI is InChI=1S/C15H23NO2/c1-3-17-14-8-6-11(9-15(14)18-4-2)13-7-5-12(13)10-16/h6,8-9,12-13H,3-5,7,10,16H2,1-2H3. The molecule has 18 heavy (non-hydrogen) atoms. The molecule has 2 unspecified atom stereocenters. The highest BCUT2D eigenvalue weighted by atomic mass is 16.5. The molecule has 1 fully saturated rings. The van der Waals surface area contributed by atoms with Crippen LogP contribution in [0.2, 0.25) is 0 Å². The second kappa shape index (κ2) is 6.10. The van der Waals surface area contributed by atoms with Gasteiger partial charge in [0.2, 0.25) is 0 Å². The summed E-state index contributed by atoms with van der Waals surface area (Å²) in [5.41, 5.74) is 7.12. The Kier molecular flexibility index (Phi) is 4.48. The summed E-state index contributed by atoms with van der Waals surface area (Å²) in [5, 5.41) is 0. The maximum atomic E-state index is 5.78. The summed E-state index contributed by atoms with van der Waals surface area (Å²) in [6.07, 6.45) is 2.49. The van der Waals surface area contributed by atoms with Gasteiger partial charge < -0.3 is 15.2 Å². The van der Waals surface area contributed by atoms with Crippen LogP contribution in [0.4, 0.5) is 0 Å². The minimum Gasteiger partial charge on any atom is -0.490 e. The molecule has 0 spiro atoms. The number of benzene rings is 1. The zero-order valence-electron chi connectivity index (χ0n) is 11.3. The van der Waals surface area contributed by atoms with E-state index < -0.39 is 0 Å². The molecule has 0 amide bonds. The zero-order chi connectivity index (χ0) is 13.0. The summed E-state index contributed by atoms with van der Waals surface area (Å²) in [7, 11) is 0. The van der Waals surface area contributed by atoms with Crippen molar-refractivity contribution >= 4 is 0 Å². The maximum absolute atomic E-state index is 5.78. The highest BCUT2D eigenvalue weighted by molar-refractivity contribution is 5.44. The maximum Gasteiger partial charge on any atom is 0.161 e. The fourth-order valence-corrected chi connectivity index (χ4v) is 2.59. The van der Waals surface area contributed by atoms with Crippen LogP contribution in [0.3, 0.4) is 0 Å². The average Bonchev–Trinajstić information content (AvgIpc) is 2.32. The number of hydrogen-bond acceptors (Lipinski definition) is 3. The van der Waals surface area contributed by atoms with Crippen LogP contribution in [0.25, 0.3) is 0 Å². The van der Waals surface area contributed by atoms with Gasteiger partial charge in [-0.1, -0.05) is 6.07 Å². The zero-order valence-corrected chi connectivity index (χ0v) is 11.3. The molecule has 3 nitrogen and oxygen atoms in total. The Morgan fingerprint density at radius 3 is 2.39 bits per heavy atom. The van der Waals surface area contributed by atoms with Gasteiger partial charge in [-0.3, -0.25) is 0 Å². The van der Waals surface area contributed by atoms with Gasteiger partial charge in [-0.05, 0) is 62.8 Å². The van der Waals surface area contributed by atoms with Gasteiger partial charge in [0.05, 0.1) is 13.2 Å². The smallest absolute Gasteiger partial charge is 0.161 e. The van der Waals surface area contributed by atoms with Crippen molar-refractivity contribution in [1.29, 1.82) is 0 Å². The molecule has 2 N–H and O–H groups in total. The Balaban J connectivity index is 2.19. The van der Waals surface area contributed by atoms with Crippen LogP contribution in [-0.4, -0.2) is 19.8 Å². The lowest BCUT2D eigenvalue weighted by molar-refractivity contribution is 0.259. The Bertz CT molecular complexity index is 390. The van der Waals surface area contributed by atoms with Crippen LogP contribution in [-0.2, 0) is 0 Å². The van der Waals surface area contributed by atoms with E-state index in [4.69, 9.17) is 15.2 Å². The van der Waals surface area contributed by atoms with Gasteiger partial charge in [0.1, 0.15) is 0 Å². The molecular formula is C15H23NO2. The van der Waals surface area contributed by atoms with Crippen LogP contribution >= 0.6 is 0 Å². The van der Waals surface area contributed by atoms with Crippen molar-refractivity contribution in [2.75, 3.05) is 19.8 Å². The third kappa shape index (κ3) is 2.61. The van der Waals surface area contributed by atoms with Crippen molar-refractivity contribution in [3.05, 3.63) is 23.8 Å². The normalized spacial score (nSPS) is 22.4. The lowest BCUT2D eigenvalue weighted by Crippen LogP contribution is -2.30.